The summed E-state index contributed by atoms with van der Waals surface area (Å²) in [7, 11) is -5.27. The van der Waals surface area contributed by atoms with Gasteiger partial charge in [-0.25, -0.2) is 0 Å². The molecule has 0 bridgehead atoms. The molecule has 0 spiro atoms. The number of benzene rings is 3. The van der Waals surface area contributed by atoms with Gasteiger partial charge < -0.3 is 13.7 Å². The van der Waals surface area contributed by atoms with Gasteiger partial charge in [0.2, 0.25) is 0 Å². The summed E-state index contributed by atoms with van der Waals surface area (Å²) in [6.45, 7) is 6.61. The minimum Gasteiger partial charge on any atom is -0.387 e. The fourth-order valence-electron chi connectivity index (χ4n) is 6.00. The van der Waals surface area contributed by atoms with Gasteiger partial charge in [-0.15, -0.1) is 0 Å². The van der Waals surface area contributed by atoms with Crippen LogP contribution >= 0.6 is 7.14 Å². The summed E-state index contributed by atoms with van der Waals surface area (Å²) in [6, 6.07) is 30.5. The molecule has 1 aliphatic carbocycles. The summed E-state index contributed by atoms with van der Waals surface area (Å²) in [5, 5.41) is 1.78. The first-order valence-corrected chi connectivity index (χ1v) is 17.7. The van der Waals surface area contributed by atoms with E-state index in [4.69, 9.17) is 9.16 Å². The molecule has 4 atom stereocenters. The SMILES string of the molecule is C[Si](C)(C)O[C@@]1(c2ccccc2)O[C@@H]2CCCC[C@H]2[C@H]1P(=O)(c1ccccc1)c1ccccc1. The zero-order chi connectivity index (χ0) is 23.8. The summed E-state index contributed by atoms with van der Waals surface area (Å²) in [6.07, 6.45) is 4.35. The minimum absolute atomic E-state index is 0.0519. The van der Waals surface area contributed by atoms with Crippen molar-refractivity contribution in [3.8, 4) is 0 Å². The zero-order valence-corrected chi connectivity index (χ0v) is 22.3. The molecule has 2 fully saturated rings. The van der Waals surface area contributed by atoms with E-state index in [1.807, 2.05) is 78.9 Å². The van der Waals surface area contributed by atoms with E-state index in [-0.39, 0.29) is 17.7 Å². The fourth-order valence-corrected chi connectivity index (χ4v) is 11.1. The molecule has 2 aliphatic rings. The van der Waals surface area contributed by atoms with Gasteiger partial charge >= 0.3 is 0 Å². The highest BCUT2D eigenvalue weighted by atomic mass is 31.2. The number of hydrogen-bond acceptors (Lipinski definition) is 3. The van der Waals surface area contributed by atoms with Crippen LogP contribution in [0.5, 0.6) is 0 Å². The second-order valence-electron chi connectivity index (χ2n) is 10.6. The van der Waals surface area contributed by atoms with Crippen molar-refractivity contribution >= 4 is 26.1 Å². The highest BCUT2D eigenvalue weighted by Gasteiger charge is 2.64. The molecule has 1 saturated carbocycles. The molecule has 3 aromatic carbocycles. The first kappa shape index (κ1) is 23.8. The van der Waals surface area contributed by atoms with Gasteiger partial charge in [-0.05, 0) is 32.5 Å². The lowest BCUT2D eigenvalue weighted by molar-refractivity contribution is -0.187. The van der Waals surface area contributed by atoms with Crippen molar-refractivity contribution in [1.29, 1.82) is 0 Å². The van der Waals surface area contributed by atoms with Crippen LogP contribution < -0.4 is 10.6 Å². The highest BCUT2D eigenvalue weighted by molar-refractivity contribution is 7.79. The molecular formula is C29H35O3PSi. The van der Waals surface area contributed by atoms with E-state index in [9.17, 15) is 0 Å². The first-order chi connectivity index (χ1) is 16.3. The van der Waals surface area contributed by atoms with Crippen LogP contribution in [0.15, 0.2) is 91.0 Å². The molecule has 1 saturated heterocycles. The van der Waals surface area contributed by atoms with Crippen LogP contribution in [0.3, 0.4) is 0 Å². The van der Waals surface area contributed by atoms with Gasteiger partial charge in [-0.2, -0.15) is 0 Å². The molecule has 3 nitrogen and oxygen atoms in total. The van der Waals surface area contributed by atoms with Gasteiger partial charge in [0, 0.05) is 22.1 Å². The maximum Gasteiger partial charge on any atom is 0.196 e. The summed E-state index contributed by atoms with van der Waals surface area (Å²) in [5.41, 5.74) is 0.702. The summed E-state index contributed by atoms with van der Waals surface area (Å²) >= 11 is 0. The normalized spacial score (nSPS) is 27.3. The average molecular weight is 491 g/mol. The third-order valence-corrected chi connectivity index (χ3v) is 11.7. The van der Waals surface area contributed by atoms with Crippen LogP contribution in [-0.4, -0.2) is 20.1 Å². The van der Waals surface area contributed by atoms with Crippen molar-refractivity contribution in [2.75, 3.05) is 0 Å². The van der Waals surface area contributed by atoms with Gasteiger partial charge in [-0.3, -0.25) is 0 Å². The lowest BCUT2D eigenvalue weighted by Crippen LogP contribution is -2.50. The predicted octanol–water partition coefficient (Wildman–Crippen LogP) is 6.66. The van der Waals surface area contributed by atoms with Crippen molar-refractivity contribution < 1.29 is 13.7 Å². The van der Waals surface area contributed by atoms with E-state index in [1.165, 1.54) is 0 Å². The van der Waals surface area contributed by atoms with Crippen molar-refractivity contribution in [3.05, 3.63) is 96.6 Å². The van der Waals surface area contributed by atoms with Gasteiger partial charge in [0.05, 0.1) is 11.8 Å². The van der Waals surface area contributed by atoms with Crippen molar-refractivity contribution in [2.24, 2.45) is 5.92 Å². The molecule has 5 rings (SSSR count). The topological polar surface area (TPSA) is 35.5 Å². The Balaban J connectivity index is 1.82. The molecule has 0 aromatic heterocycles. The van der Waals surface area contributed by atoms with E-state index in [0.717, 1.165) is 41.9 Å². The largest absolute Gasteiger partial charge is 0.387 e. The Morgan fingerprint density at radius 2 is 1.29 bits per heavy atom. The van der Waals surface area contributed by atoms with Crippen LogP contribution in [0.25, 0.3) is 0 Å². The van der Waals surface area contributed by atoms with Crippen molar-refractivity contribution in [3.63, 3.8) is 0 Å². The van der Waals surface area contributed by atoms with E-state index in [2.05, 4.69) is 31.8 Å². The Morgan fingerprint density at radius 3 is 1.82 bits per heavy atom. The van der Waals surface area contributed by atoms with E-state index >= 15 is 4.57 Å². The number of ether oxygens (including phenoxy) is 1. The molecule has 0 radical (unpaired) electrons. The van der Waals surface area contributed by atoms with Crippen LogP contribution in [0.1, 0.15) is 31.2 Å². The number of rotatable bonds is 6. The van der Waals surface area contributed by atoms with Crippen LogP contribution in [0, 0.1) is 5.92 Å². The van der Waals surface area contributed by atoms with Gasteiger partial charge in [0.25, 0.3) is 0 Å². The average Bonchev–Trinajstić information content (AvgIpc) is 3.19. The summed E-state index contributed by atoms with van der Waals surface area (Å²) in [5.74, 6) is -0.858. The number of fused-ring (bicyclic) bond motifs is 1. The Morgan fingerprint density at radius 1 is 0.794 bits per heavy atom. The molecule has 0 N–H and O–H groups in total. The third-order valence-electron chi connectivity index (χ3n) is 7.18. The second kappa shape index (κ2) is 9.24. The fraction of sp³-hybridized carbons (Fsp3) is 0.379. The monoisotopic (exact) mass is 490 g/mol. The molecule has 0 unspecified atom stereocenters. The van der Waals surface area contributed by atoms with Gasteiger partial charge in [0.1, 0.15) is 0 Å². The van der Waals surface area contributed by atoms with E-state index < -0.39 is 21.2 Å². The molecule has 178 valence electrons. The number of hydrogen-bond donors (Lipinski definition) is 0. The van der Waals surface area contributed by atoms with E-state index in [0.29, 0.717) is 0 Å². The Bertz CT molecular complexity index is 1100. The quantitative estimate of drug-likeness (QED) is 0.286. The zero-order valence-electron chi connectivity index (χ0n) is 20.4. The predicted molar refractivity (Wildman–Crippen MR) is 143 cm³/mol. The standard InChI is InChI=1S/C29H35O3PSi/c1-34(2,3)32-29(23-15-7-4-8-16-23)28(26-21-13-14-22-27(26)31-29)33(30,24-17-9-5-10-18-24)25-19-11-6-12-20-25/h4-12,15-20,26-28H,13-14,21-22H2,1-3H3/t26-,27-,28-,29-/m1/s1. The molecule has 1 aliphatic heterocycles. The molecule has 34 heavy (non-hydrogen) atoms. The lowest BCUT2D eigenvalue weighted by atomic mass is 9.83. The lowest BCUT2D eigenvalue weighted by Gasteiger charge is -2.44. The maximum atomic E-state index is 15.8. The molecule has 1 heterocycles. The minimum atomic E-state index is -3.16. The van der Waals surface area contributed by atoms with Crippen molar-refractivity contribution in [2.45, 2.75) is 62.9 Å². The molecular weight excluding hydrogens is 455 g/mol. The Hall–Kier alpha value is -1.97. The Kier molecular flexibility index (Phi) is 6.45. The molecule has 0 amide bonds. The molecule has 3 aromatic rings. The van der Waals surface area contributed by atoms with Crippen LogP contribution in [0.2, 0.25) is 19.6 Å². The Labute approximate surface area is 205 Å². The first-order valence-electron chi connectivity index (χ1n) is 12.5. The van der Waals surface area contributed by atoms with Gasteiger partial charge in [0.15, 0.2) is 21.2 Å². The highest BCUT2D eigenvalue weighted by Crippen LogP contribution is 2.65. The van der Waals surface area contributed by atoms with Crippen LogP contribution in [-0.2, 0) is 19.5 Å². The van der Waals surface area contributed by atoms with Crippen LogP contribution in [0.4, 0.5) is 0 Å². The molecule has 5 heteroatoms. The third kappa shape index (κ3) is 4.16. The second-order valence-corrected chi connectivity index (χ2v) is 18.0. The van der Waals surface area contributed by atoms with Gasteiger partial charge in [-0.1, -0.05) is 104 Å². The smallest absolute Gasteiger partial charge is 0.196 e. The summed E-state index contributed by atoms with van der Waals surface area (Å²) in [4.78, 5) is 0. The maximum absolute atomic E-state index is 15.8. The van der Waals surface area contributed by atoms with Crippen molar-refractivity contribution in [1.82, 2.24) is 0 Å². The van der Waals surface area contributed by atoms with E-state index in [1.54, 1.807) is 0 Å². The summed E-state index contributed by atoms with van der Waals surface area (Å²) < 4.78 is 30.0.